The molecular formula is C28H26F2N6O. The fourth-order valence-electron chi connectivity index (χ4n) is 4.28. The number of aromatic nitrogens is 1. The molecule has 0 bridgehead atoms. The van der Waals surface area contributed by atoms with Gasteiger partial charge in [0.05, 0.1) is 18.2 Å². The van der Waals surface area contributed by atoms with E-state index in [1.54, 1.807) is 30.3 Å². The number of nitrogens with zero attached hydrogens (tertiary/aromatic N) is 3. The molecule has 0 aliphatic carbocycles. The van der Waals surface area contributed by atoms with Gasteiger partial charge in [0.15, 0.2) is 0 Å². The molecule has 0 saturated carbocycles. The number of alkyl halides is 2. The number of carbonyl (C=O) groups is 1. The van der Waals surface area contributed by atoms with Crippen LogP contribution in [0.3, 0.4) is 0 Å². The zero-order valence-corrected chi connectivity index (χ0v) is 20.7. The lowest BCUT2D eigenvalue weighted by molar-refractivity contribution is 0.0166. The van der Waals surface area contributed by atoms with Crippen LogP contribution in [0, 0.1) is 16.7 Å². The molecule has 7 nitrogen and oxygen atoms in total. The maximum absolute atomic E-state index is 14.3. The van der Waals surface area contributed by atoms with E-state index >= 15 is 0 Å². The average Bonchev–Trinajstić information content (AvgIpc) is 3.19. The molecule has 0 fully saturated rings. The standard InChI is InChI=1S/C28H26F2N6O/c1-16(2)9-10-34-24-12-18(21-11-17(14-31)7-8-19(21)26(32)33)13-25(35-24)36-15-22-20(27(36)37)5-4-6-23(22)28(3,29)30/h4-9,11-13H,10,15H2,1-3H3,(H3,32,33)(H,34,35). The molecule has 0 spiro atoms. The maximum Gasteiger partial charge on any atom is 0.270 e. The number of benzene rings is 2. The van der Waals surface area contributed by atoms with Crippen molar-refractivity contribution in [2.45, 2.75) is 33.2 Å². The lowest BCUT2D eigenvalue weighted by atomic mass is 9.97. The molecule has 1 aliphatic rings. The SMILES string of the molecule is CC(C)=CCNc1cc(-c2cc(C#N)ccc2C(=N)N)cc(N2Cc3c(cccc3C(C)(F)F)C2=O)n1. The number of rotatable bonds is 7. The number of hydrogen-bond donors (Lipinski definition) is 3. The quantitative estimate of drug-likeness (QED) is 0.223. The summed E-state index contributed by atoms with van der Waals surface area (Å²) in [5, 5.41) is 20.6. The molecule has 4 rings (SSSR count). The Morgan fingerprint density at radius 3 is 2.65 bits per heavy atom. The van der Waals surface area contributed by atoms with Gasteiger partial charge in [0.1, 0.15) is 17.5 Å². The molecule has 9 heteroatoms. The van der Waals surface area contributed by atoms with Gasteiger partial charge in [0, 0.05) is 30.2 Å². The first-order chi connectivity index (χ1) is 17.5. The molecule has 0 atom stereocenters. The Hall–Kier alpha value is -4.58. The van der Waals surface area contributed by atoms with E-state index < -0.39 is 11.8 Å². The minimum Gasteiger partial charge on any atom is -0.384 e. The molecule has 1 aromatic heterocycles. The minimum absolute atomic E-state index is 0.0601. The number of nitriles is 1. The van der Waals surface area contributed by atoms with Crippen molar-refractivity contribution in [2.75, 3.05) is 16.8 Å². The monoisotopic (exact) mass is 500 g/mol. The van der Waals surface area contributed by atoms with Crippen molar-refractivity contribution in [3.63, 3.8) is 0 Å². The minimum atomic E-state index is -3.11. The van der Waals surface area contributed by atoms with Crippen LogP contribution < -0.4 is 16.0 Å². The van der Waals surface area contributed by atoms with Gasteiger partial charge in [-0.25, -0.2) is 13.8 Å². The first-order valence-corrected chi connectivity index (χ1v) is 11.6. The number of carbonyl (C=O) groups excluding carboxylic acids is 1. The topological polar surface area (TPSA) is 119 Å². The van der Waals surface area contributed by atoms with Gasteiger partial charge in [-0.15, -0.1) is 0 Å². The molecule has 37 heavy (non-hydrogen) atoms. The summed E-state index contributed by atoms with van der Waals surface area (Å²) < 4.78 is 28.6. The highest BCUT2D eigenvalue weighted by Crippen LogP contribution is 2.38. The average molecular weight is 501 g/mol. The van der Waals surface area contributed by atoms with Gasteiger partial charge in [-0.1, -0.05) is 23.8 Å². The summed E-state index contributed by atoms with van der Waals surface area (Å²) in [6.07, 6.45) is 1.97. The van der Waals surface area contributed by atoms with E-state index in [1.165, 1.54) is 23.1 Å². The van der Waals surface area contributed by atoms with Gasteiger partial charge in [-0.05, 0) is 66.9 Å². The number of nitrogens with one attached hydrogen (secondary N) is 2. The lowest BCUT2D eigenvalue weighted by Crippen LogP contribution is -2.24. The second kappa shape index (κ2) is 9.82. The van der Waals surface area contributed by atoms with Crippen molar-refractivity contribution in [1.29, 1.82) is 10.7 Å². The van der Waals surface area contributed by atoms with Crippen molar-refractivity contribution in [3.05, 3.63) is 88.0 Å². The van der Waals surface area contributed by atoms with Crippen LogP contribution in [-0.4, -0.2) is 23.3 Å². The lowest BCUT2D eigenvalue weighted by Gasteiger charge is -2.19. The van der Waals surface area contributed by atoms with Crippen LogP contribution >= 0.6 is 0 Å². The highest BCUT2D eigenvalue weighted by Gasteiger charge is 2.37. The highest BCUT2D eigenvalue weighted by atomic mass is 19.3. The number of allylic oxidation sites excluding steroid dienone is 1. The Morgan fingerprint density at radius 2 is 2.00 bits per heavy atom. The first kappa shape index (κ1) is 25.5. The second-order valence-corrected chi connectivity index (χ2v) is 9.16. The summed E-state index contributed by atoms with van der Waals surface area (Å²) in [5.74, 6) is -3.04. The molecular weight excluding hydrogens is 474 g/mol. The van der Waals surface area contributed by atoms with Crippen LogP contribution in [0.4, 0.5) is 20.4 Å². The van der Waals surface area contributed by atoms with E-state index in [-0.39, 0.29) is 34.9 Å². The number of nitrogen functional groups attached to an aromatic ring is 1. The van der Waals surface area contributed by atoms with Gasteiger partial charge in [-0.3, -0.25) is 15.1 Å². The van der Waals surface area contributed by atoms with E-state index in [0.717, 1.165) is 12.5 Å². The van der Waals surface area contributed by atoms with E-state index in [2.05, 4.69) is 16.4 Å². The summed E-state index contributed by atoms with van der Waals surface area (Å²) in [6.45, 7) is 5.15. The van der Waals surface area contributed by atoms with E-state index in [1.807, 2.05) is 19.9 Å². The Balaban J connectivity index is 1.86. The molecule has 0 saturated heterocycles. The largest absolute Gasteiger partial charge is 0.384 e. The number of hydrogen-bond acceptors (Lipinski definition) is 5. The number of halogens is 2. The third-order valence-corrected chi connectivity index (χ3v) is 6.07. The van der Waals surface area contributed by atoms with Crippen molar-refractivity contribution in [2.24, 2.45) is 5.73 Å². The third kappa shape index (κ3) is 5.19. The molecule has 188 valence electrons. The van der Waals surface area contributed by atoms with Gasteiger partial charge in [0.25, 0.3) is 11.8 Å². The number of amidine groups is 1. The molecule has 0 radical (unpaired) electrons. The fourth-order valence-corrected chi connectivity index (χ4v) is 4.28. The molecule has 1 amide bonds. The maximum atomic E-state index is 14.3. The van der Waals surface area contributed by atoms with Gasteiger partial charge in [-0.2, -0.15) is 5.26 Å². The first-order valence-electron chi connectivity index (χ1n) is 11.6. The summed E-state index contributed by atoms with van der Waals surface area (Å²) in [7, 11) is 0. The highest BCUT2D eigenvalue weighted by molar-refractivity contribution is 6.10. The predicted molar refractivity (Wildman–Crippen MR) is 140 cm³/mol. The van der Waals surface area contributed by atoms with Crippen molar-refractivity contribution < 1.29 is 13.6 Å². The molecule has 4 N–H and O–H groups in total. The van der Waals surface area contributed by atoms with Crippen LogP contribution in [0.25, 0.3) is 11.1 Å². The summed E-state index contributed by atoms with van der Waals surface area (Å²) in [4.78, 5) is 19.3. The summed E-state index contributed by atoms with van der Waals surface area (Å²) in [6, 6.07) is 14.6. The number of nitrogens with two attached hydrogens (primary N) is 1. The molecule has 0 unspecified atom stereocenters. The van der Waals surface area contributed by atoms with Crippen molar-refractivity contribution in [1.82, 2.24) is 4.98 Å². The Morgan fingerprint density at radius 1 is 1.24 bits per heavy atom. The Bertz CT molecular complexity index is 1480. The zero-order valence-electron chi connectivity index (χ0n) is 20.7. The van der Waals surface area contributed by atoms with E-state index in [9.17, 15) is 18.8 Å². The molecule has 2 aromatic carbocycles. The van der Waals surface area contributed by atoms with Crippen molar-refractivity contribution in [3.8, 4) is 17.2 Å². The number of fused-ring (bicyclic) bond motifs is 1. The fraction of sp³-hybridized carbons (Fsp3) is 0.214. The van der Waals surface area contributed by atoms with E-state index in [0.29, 0.717) is 34.6 Å². The summed E-state index contributed by atoms with van der Waals surface area (Å²) in [5.41, 5.74) is 9.07. The van der Waals surface area contributed by atoms with Gasteiger partial charge < -0.3 is 11.1 Å². The zero-order chi connectivity index (χ0) is 26.9. The van der Waals surface area contributed by atoms with E-state index in [4.69, 9.17) is 11.1 Å². The van der Waals surface area contributed by atoms with Crippen LogP contribution in [0.1, 0.15) is 53.4 Å². The van der Waals surface area contributed by atoms with Crippen molar-refractivity contribution >= 4 is 23.4 Å². The molecule has 3 aromatic rings. The summed E-state index contributed by atoms with van der Waals surface area (Å²) >= 11 is 0. The van der Waals surface area contributed by atoms with Crippen LogP contribution in [0.2, 0.25) is 0 Å². The van der Waals surface area contributed by atoms with Crippen LogP contribution in [0.5, 0.6) is 0 Å². The van der Waals surface area contributed by atoms with Crippen LogP contribution in [-0.2, 0) is 12.5 Å². The smallest absolute Gasteiger partial charge is 0.270 e. The third-order valence-electron chi connectivity index (χ3n) is 6.07. The number of anilines is 2. The Kier molecular flexibility index (Phi) is 6.77. The Labute approximate surface area is 213 Å². The predicted octanol–water partition coefficient (Wildman–Crippen LogP) is 5.55. The van der Waals surface area contributed by atoms with Crippen LogP contribution in [0.15, 0.2) is 60.2 Å². The molecule has 2 heterocycles. The second-order valence-electron chi connectivity index (χ2n) is 9.16. The van der Waals surface area contributed by atoms with Gasteiger partial charge >= 0.3 is 0 Å². The normalized spacial score (nSPS) is 12.6. The molecule has 1 aliphatic heterocycles. The number of amides is 1. The number of pyridine rings is 1. The van der Waals surface area contributed by atoms with Gasteiger partial charge in [0.2, 0.25) is 0 Å².